The Kier molecular flexibility index (Phi) is 4.77. The maximum absolute atomic E-state index is 12.9. The smallest absolute Gasteiger partial charge is 0.253 e. The van der Waals surface area contributed by atoms with Gasteiger partial charge in [-0.2, -0.15) is 0 Å². The van der Waals surface area contributed by atoms with Crippen molar-refractivity contribution in [3.63, 3.8) is 0 Å². The average molecular weight is 379 g/mol. The number of carbonyl (C=O) groups is 3. The Labute approximate surface area is 162 Å². The van der Waals surface area contributed by atoms with Gasteiger partial charge >= 0.3 is 0 Å². The van der Waals surface area contributed by atoms with Crippen molar-refractivity contribution in [1.82, 2.24) is 14.9 Å². The molecule has 1 aromatic heterocycles. The third kappa shape index (κ3) is 3.58. The van der Waals surface area contributed by atoms with Crippen LogP contribution in [0.25, 0.3) is 0 Å². The van der Waals surface area contributed by atoms with Gasteiger partial charge in [0.25, 0.3) is 5.91 Å². The molecule has 2 aromatic rings. The first-order chi connectivity index (χ1) is 13.5. The van der Waals surface area contributed by atoms with Crippen LogP contribution >= 0.6 is 0 Å². The molecular weight excluding hydrogens is 358 g/mol. The standard InChI is InChI=1S/C20H21N5O3/c1-13(26)17-11-22-18(12-21-17)24-6-8-25(9-7-24)20(28)15-2-4-16-14(10-15)3-5-19(27)23-16/h2,4,10-12H,3,5-9H2,1H3,(H,23,27). The van der Waals surface area contributed by atoms with E-state index < -0.39 is 0 Å². The molecule has 0 saturated carbocycles. The van der Waals surface area contributed by atoms with Crippen LogP contribution < -0.4 is 10.2 Å². The van der Waals surface area contributed by atoms with Crippen LogP contribution in [-0.2, 0) is 11.2 Å². The van der Waals surface area contributed by atoms with Gasteiger partial charge in [-0.1, -0.05) is 0 Å². The van der Waals surface area contributed by atoms with E-state index in [2.05, 4.69) is 20.2 Å². The van der Waals surface area contributed by atoms with Crippen LogP contribution in [0.3, 0.4) is 0 Å². The zero-order valence-corrected chi connectivity index (χ0v) is 15.6. The lowest BCUT2D eigenvalue weighted by Gasteiger charge is -2.35. The van der Waals surface area contributed by atoms with E-state index in [9.17, 15) is 14.4 Å². The zero-order valence-electron chi connectivity index (χ0n) is 15.6. The molecule has 2 amide bonds. The van der Waals surface area contributed by atoms with Crippen LogP contribution in [0.5, 0.6) is 0 Å². The molecular formula is C20H21N5O3. The summed E-state index contributed by atoms with van der Waals surface area (Å²) in [6.45, 7) is 3.94. The first-order valence-electron chi connectivity index (χ1n) is 9.31. The number of Topliss-reactive ketones (excluding diaryl/α,β-unsaturated/α-hetero) is 1. The highest BCUT2D eigenvalue weighted by Crippen LogP contribution is 2.24. The zero-order chi connectivity index (χ0) is 19.7. The van der Waals surface area contributed by atoms with Gasteiger partial charge in [0.05, 0.1) is 12.4 Å². The van der Waals surface area contributed by atoms with E-state index in [1.807, 2.05) is 17.0 Å². The Hall–Kier alpha value is -3.29. The number of aromatic nitrogens is 2. The minimum Gasteiger partial charge on any atom is -0.352 e. The normalized spacial score (nSPS) is 16.4. The Bertz CT molecular complexity index is 933. The third-order valence-electron chi connectivity index (χ3n) is 5.14. The first kappa shape index (κ1) is 18.1. The highest BCUT2D eigenvalue weighted by Gasteiger charge is 2.24. The van der Waals surface area contributed by atoms with Gasteiger partial charge in [-0.3, -0.25) is 14.4 Å². The molecule has 0 atom stereocenters. The van der Waals surface area contributed by atoms with E-state index in [1.54, 1.807) is 12.3 Å². The number of fused-ring (bicyclic) bond motifs is 1. The molecule has 28 heavy (non-hydrogen) atoms. The lowest BCUT2D eigenvalue weighted by Crippen LogP contribution is -2.49. The Balaban J connectivity index is 1.40. The largest absolute Gasteiger partial charge is 0.352 e. The van der Waals surface area contributed by atoms with Crippen LogP contribution in [0.2, 0.25) is 0 Å². The summed E-state index contributed by atoms with van der Waals surface area (Å²) in [5.41, 5.74) is 2.80. The molecule has 8 nitrogen and oxygen atoms in total. The fraction of sp³-hybridized carbons (Fsp3) is 0.350. The summed E-state index contributed by atoms with van der Waals surface area (Å²) in [6.07, 6.45) is 4.20. The molecule has 8 heteroatoms. The van der Waals surface area contributed by atoms with Gasteiger partial charge in [0.15, 0.2) is 5.78 Å². The molecule has 2 aliphatic rings. The first-order valence-corrected chi connectivity index (χ1v) is 9.31. The highest BCUT2D eigenvalue weighted by molar-refractivity contribution is 5.98. The molecule has 0 spiro atoms. The number of aryl methyl sites for hydroxylation is 1. The number of ketones is 1. The van der Waals surface area contributed by atoms with Gasteiger partial charge in [0.1, 0.15) is 11.5 Å². The lowest BCUT2D eigenvalue weighted by molar-refractivity contribution is -0.116. The number of benzene rings is 1. The molecule has 0 aliphatic carbocycles. The monoisotopic (exact) mass is 379 g/mol. The number of amides is 2. The van der Waals surface area contributed by atoms with Crippen molar-refractivity contribution in [2.75, 3.05) is 36.4 Å². The second-order valence-electron chi connectivity index (χ2n) is 7.02. The summed E-state index contributed by atoms with van der Waals surface area (Å²) in [4.78, 5) is 48.0. The van der Waals surface area contributed by atoms with Crippen LogP contribution in [0.4, 0.5) is 11.5 Å². The number of hydrogen-bond donors (Lipinski definition) is 1. The molecule has 0 radical (unpaired) electrons. The maximum Gasteiger partial charge on any atom is 0.253 e. The minimum atomic E-state index is -0.112. The molecule has 2 aliphatic heterocycles. The van der Waals surface area contributed by atoms with Gasteiger partial charge in [-0.25, -0.2) is 9.97 Å². The predicted molar refractivity (Wildman–Crippen MR) is 104 cm³/mol. The van der Waals surface area contributed by atoms with Crippen LogP contribution in [0.1, 0.15) is 39.8 Å². The number of carbonyl (C=O) groups excluding carboxylic acids is 3. The van der Waals surface area contributed by atoms with Crippen molar-refractivity contribution < 1.29 is 14.4 Å². The average Bonchev–Trinajstić information content (AvgIpc) is 2.73. The predicted octanol–water partition coefficient (Wildman–Crippen LogP) is 1.53. The lowest BCUT2D eigenvalue weighted by atomic mass is 10.00. The maximum atomic E-state index is 12.9. The van der Waals surface area contributed by atoms with Crippen LogP contribution in [-0.4, -0.2) is 58.6 Å². The van der Waals surface area contributed by atoms with E-state index in [-0.39, 0.29) is 17.6 Å². The van der Waals surface area contributed by atoms with Gasteiger partial charge in [0, 0.05) is 50.8 Å². The molecule has 1 N–H and O–H groups in total. The third-order valence-corrected chi connectivity index (χ3v) is 5.14. The number of anilines is 2. The van der Waals surface area contributed by atoms with Crippen LogP contribution in [0, 0.1) is 0 Å². The molecule has 144 valence electrons. The van der Waals surface area contributed by atoms with E-state index in [1.165, 1.54) is 13.1 Å². The van der Waals surface area contributed by atoms with E-state index in [0.29, 0.717) is 56.1 Å². The van der Waals surface area contributed by atoms with Crippen molar-refractivity contribution in [2.24, 2.45) is 0 Å². The summed E-state index contributed by atoms with van der Waals surface area (Å²) >= 11 is 0. The molecule has 1 saturated heterocycles. The Morgan fingerprint density at radius 3 is 2.50 bits per heavy atom. The van der Waals surface area contributed by atoms with Crippen molar-refractivity contribution in [1.29, 1.82) is 0 Å². The molecule has 0 unspecified atom stereocenters. The molecule has 1 aromatic carbocycles. The quantitative estimate of drug-likeness (QED) is 0.813. The SMILES string of the molecule is CC(=O)c1cnc(N2CCN(C(=O)c3ccc4c(c3)CCC(=O)N4)CC2)cn1. The summed E-state index contributed by atoms with van der Waals surface area (Å²) < 4.78 is 0. The molecule has 3 heterocycles. The number of hydrogen-bond acceptors (Lipinski definition) is 6. The molecule has 0 bridgehead atoms. The van der Waals surface area contributed by atoms with Gasteiger partial charge < -0.3 is 15.1 Å². The Morgan fingerprint density at radius 1 is 1.04 bits per heavy atom. The van der Waals surface area contributed by atoms with Gasteiger partial charge in [0.2, 0.25) is 5.91 Å². The van der Waals surface area contributed by atoms with Crippen LogP contribution in [0.15, 0.2) is 30.6 Å². The summed E-state index contributed by atoms with van der Waals surface area (Å²) in [7, 11) is 0. The van der Waals surface area contributed by atoms with E-state index in [4.69, 9.17) is 0 Å². The number of nitrogens with zero attached hydrogens (tertiary/aromatic N) is 4. The van der Waals surface area contributed by atoms with Gasteiger partial charge in [-0.05, 0) is 30.2 Å². The van der Waals surface area contributed by atoms with Crippen molar-refractivity contribution in [3.8, 4) is 0 Å². The summed E-state index contributed by atoms with van der Waals surface area (Å²) in [5, 5.41) is 2.84. The molecule has 4 rings (SSSR count). The summed E-state index contributed by atoms with van der Waals surface area (Å²) in [6, 6.07) is 5.46. The fourth-order valence-corrected chi connectivity index (χ4v) is 3.50. The fourth-order valence-electron chi connectivity index (χ4n) is 3.50. The van der Waals surface area contributed by atoms with Crippen molar-refractivity contribution >= 4 is 29.1 Å². The Morgan fingerprint density at radius 2 is 1.82 bits per heavy atom. The number of rotatable bonds is 3. The number of nitrogens with one attached hydrogen (secondary N) is 1. The number of piperazine rings is 1. The van der Waals surface area contributed by atoms with E-state index >= 15 is 0 Å². The van der Waals surface area contributed by atoms with E-state index in [0.717, 1.165) is 11.3 Å². The topological polar surface area (TPSA) is 95.5 Å². The molecule has 1 fully saturated rings. The second-order valence-corrected chi connectivity index (χ2v) is 7.02. The van der Waals surface area contributed by atoms with Crippen molar-refractivity contribution in [2.45, 2.75) is 19.8 Å². The highest BCUT2D eigenvalue weighted by atomic mass is 16.2. The van der Waals surface area contributed by atoms with Gasteiger partial charge in [-0.15, -0.1) is 0 Å². The van der Waals surface area contributed by atoms with Crippen molar-refractivity contribution in [3.05, 3.63) is 47.4 Å². The minimum absolute atomic E-state index is 0.00244. The second kappa shape index (κ2) is 7.38. The summed E-state index contributed by atoms with van der Waals surface area (Å²) in [5.74, 6) is 0.611.